The lowest BCUT2D eigenvalue weighted by atomic mass is 10.2. The van der Waals surface area contributed by atoms with Crippen molar-refractivity contribution in [1.82, 2.24) is 0 Å². The Balaban J connectivity index is 0.000000500. The Labute approximate surface area is 82.3 Å². The third-order valence-electron chi connectivity index (χ3n) is 1.15. The van der Waals surface area contributed by atoms with Crippen molar-refractivity contribution in [3.8, 4) is 0 Å². The number of carbonyl (C=O) groups is 1. The summed E-state index contributed by atoms with van der Waals surface area (Å²) in [7, 11) is 0. The van der Waals surface area contributed by atoms with Crippen LogP contribution >= 0.6 is 11.6 Å². The quantitative estimate of drug-likeness (QED) is 0.378. The summed E-state index contributed by atoms with van der Waals surface area (Å²) in [5, 5.41) is 0. The minimum absolute atomic E-state index is 0.222. The summed E-state index contributed by atoms with van der Waals surface area (Å²) in [4.78, 5) is 8.57. The highest BCUT2D eigenvalue weighted by molar-refractivity contribution is 6.54. The molecule has 0 aliphatic heterocycles. The number of halogens is 5. The van der Waals surface area contributed by atoms with Crippen molar-refractivity contribution in [2.45, 2.75) is 6.18 Å². The second-order valence-corrected chi connectivity index (χ2v) is 2.28. The van der Waals surface area contributed by atoms with E-state index in [1.54, 1.807) is 0 Å². The highest BCUT2D eigenvalue weighted by Crippen LogP contribution is 2.28. The van der Waals surface area contributed by atoms with Crippen molar-refractivity contribution in [2.75, 3.05) is 0 Å². The molecule has 0 saturated carbocycles. The Hall–Kier alpha value is -1.10. The molecule has 0 radical (unpaired) electrons. The predicted molar refractivity (Wildman–Crippen MR) is 44.0 cm³/mol. The molecule has 0 fully saturated rings. The molecule has 0 aliphatic rings. The molecule has 0 unspecified atom stereocenters. The van der Waals surface area contributed by atoms with E-state index >= 15 is 0 Å². The largest absolute Gasteiger partial charge is 0.416 e. The van der Waals surface area contributed by atoms with Gasteiger partial charge in [0.15, 0.2) is 0 Å². The molecule has 0 heterocycles. The van der Waals surface area contributed by atoms with Gasteiger partial charge in [0.05, 0.1) is 5.56 Å². The summed E-state index contributed by atoms with van der Waals surface area (Å²) in [6.45, 7) is 0. The number of hydrogen-bond donors (Lipinski definition) is 0. The molecule has 0 spiro atoms. The van der Waals surface area contributed by atoms with E-state index in [4.69, 9.17) is 4.79 Å². The Morgan fingerprint density at radius 3 is 2.07 bits per heavy atom. The van der Waals surface area contributed by atoms with E-state index in [9.17, 15) is 17.6 Å². The molecule has 78 valence electrons. The second-order valence-electron chi connectivity index (χ2n) is 2.10. The fourth-order valence-electron chi connectivity index (χ4n) is 0.665. The third kappa shape index (κ3) is 4.81. The van der Waals surface area contributed by atoms with Gasteiger partial charge in [0.2, 0.25) is 5.75 Å². The van der Waals surface area contributed by atoms with Crippen LogP contribution in [0.4, 0.5) is 17.6 Å². The standard InChI is InChI=1S/C7H4F4.CHClO/c8-6-3-1-2-5(4-6)7(9,10)11;2-1-3/h1-4H;1H. The van der Waals surface area contributed by atoms with Crippen molar-refractivity contribution < 1.29 is 22.4 Å². The molecule has 1 rings (SSSR count). The maximum absolute atomic E-state index is 12.2. The molecule has 1 aromatic carbocycles. The van der Waals surface area contributed by atoms with Gasteiger partial charge in [0.25, 0.3) is 0 Å². The Morgan fingerprint density at radius 1 is 1.29 bits per heavy atom. The van der Waals surface area contributed by atoms with E-state index in [2.05, 4.69) is 11.6 Å². The zero-order chi connectivity index (χ0) is 11.2. The van der Waals surface area contributed by atoms with E-state index in [-0.39, 0.29) is 5.75 Å². The number of carbonyl (C=O) groups excluding carboxylic acids is 1. The van der Waals surface area contributed by atoms with Gasteiger partial charge in [-0.15, -0.1) is 0 Å². The van der Waals surface area contributed by atoms with Crippen LogP contribution in [0.2, 0.25) is 0 Å². The van der Waals surface area contributed by atoms with Crippen molar-refractivity contribution in [3.63, 3.8) is 0 Å². The number of hydrogen-bond acceptors (Lipinski definition) is 1. The maximum atomic E-state index is 12.2. The van der Waals surface area contributed by atoms with Crippen LogP contribution in [-0.2, 0) is 11.0 Å². The van der Waals surface area contributed by atoms with Crippen LogP contribution in [0, 0.1) is 5.82 Å². The van der Waals surface area contributed by atoms with Gasteiger partial charge in [-0.25, -0.2) is 4.39 Å². The minimum atomic E-state index is -4.46. The van der Waals surface area contributed by atoms with E-state index in [1.807, 2.05) is 0 Å². The van der Waals surface area contributed by atoms with Gasteiger partial charge in [0, 0.05) is 0 Å². The molecule has 0 aliphatic carbocycles. The van der Waals surface area contributed by atoms with E-state index < -0.39 is 17.6 Å². The van der Waals surface area contributed by atoms with Crippen LogP contribution in [0.25, 0.3) is 0 Å². The van der Waals surface area contributed by atoms with E-state index in [0.717, 1.165) is 18.2 Å². The number of alkyl halides is 3. The van der Waals surface area contributed by atoms with Gasteiger partial charge in [0.1, 0.15) is 5.82 Å². The second kappa shape index (κ2) is 5.59. The lowest BCUT2D eigenvalue weighted by Crippen LogP contribution is -2.04. The monoisotopic (exact) mass is 228 g/mol. The van der Waals surface area contributed by atoms with Gasteiger partial charge < -0.3 is 0 Å². The first kappa shape index (κ1) is 12.9. The molecular weight excluding hydrogens is 224 g/mol. The zero-order valence-corrected chi connectivity index (χ0v) is 7.44. The minimum Gasteiger partial charge on any atom is -0.285 e. The molecule has 1 aromatic rings. The average Bonchev–Trinajstić information content (AvgIpc) is 2.04. The van der Waals surface area contributed by atoms with E-state index in [0.29, 0.717) is 6.07 Å². The van der Waals surface area contributed by atoms with E-state index in [1.165, 1.54) is 0 Å². The molecule has 14 heavy (non-hydrogen) atoms. The summed E-state index contributed by atoms with van der Waals surface area (Å²) in [5.74, 6) is -0.653. The first-order valence-electron chi connectivity index (χ1n) is 3.28. The Kier molecular flexibility index (Phi) is 5.15. The van der Waals surface area contributed by atoms with Crippen molar-refractivity contribution >= 4 is 17.3 Å². The average molecular weight is 229 g/mol. The molecule has 1 nitrogen and oxygen atoms in total. The molecule has 0 N–H and O–H groups in total. The van der Waals surface area contributed by atoms with Crippen molar-refractivity contribution in [1.29, 1.82) is 0 Å². The molecule has 0 bridgehead atoms. The summed E-state index contributed by atoms with van der Waals surface area (Å²) >= 11 is 4.32. The third-order valence-corrected chi connectivity index (χ3v) is 1.15. The van der Waals surface area contributed by atoms with Crippen molar-refractivity contribution in [3.05, 3.63) is 35.6 Å². The number of benzene rings is 1. The molecule has 0 saturated heterocycles. The topological polar surface area (TPSA) is 17.1 Å². The van der Waals surface area contributed by atoms with Gasteiger partial charge in [-0.1, -0.05) is 6.07 Å². The van der Waals surface area contributed by atoms with Crippen LogP contribution in [0.3, 0.4) is 0 Å². The summed E-state index contributed by atoms with van der Waals surface area (Å²) in [6.07, 6.45) is -4.46. The van der Waals surface area contributed by atoms with Crippen LogP contribution < -0.4 is 0 Å². The maximum Gasteiger partial charge on any atom is 0.416 e. The first-order chi connectivity index (χ1) is 6.41. The molecular formula is C8H5ClF4O. The number of rotatable bonds is 0. The van der Waals surface area contributed by atoms with Gasteiger partial charge in [-0.3, -0.25) is 4.79 Å². The SMILES string of the molecule is Fc1cccc(C(F)(F)F)c1.O=CCl. The van der Waals surface area contributed by atoms with Crippen LogP contribution in [0.15, 0.2) is 24.3 Å². The predicted octanol–water partition coefficient (Wildman–Crippen LogP) is 3.26. The van der Waals surface area contributed by atoms with Crippen LogP contribution in [0.1, 0.15) is 5.56 Å². The first-order valence-corrected chi connectivity index (χ1v) is 3.72. The highest BCUT2D eigenvalue weighted by Gasteiger charge is 2.30. The Bertz CT molecular complexity index is 298. The smallest absolute Gasteiger partial charge is 0.285 e. The molecule has 0 atom stereocenters. The fraction of sp³-hybridized carbons (Fsp3) is 0.125. The molecule has 0 aromatic heterocycles. The highest BCUT2D eigenvalue weighted by atomic mass is 35.5. The fourth-order valence-corrected chi connectivity index (χ4v) is 0.665. The normalized spacial score (nSPS) is 10.1. The van der Waals surface area contributed by atoms with Crippen molar-refractivity contribution in [2.24, 2.45) is 0 Å². The van der Waals surface area contributed by atoms with Gasteiger partial charge >= 0.3 is 6.18 Å². The lowest BCUT2D eigenvalue weighted by Gasteiger charge is -2.04. The summed E-state index contributed by atoms with van der Waals surface area (Å²) in [6, 6.07) is 3.27. The Morgan fingerprint density at radius 2 is 1.79 bits per heavy atom. The van der Waals surface area contributed by atoms with Crippen LogP contribution in [0.5, 0.6) is 0 Å². The lowest BCUT2D eigenvalue weighted by molar-refractivity contribution is -0.137. The zero-order valence-electron chi connectivity index (χ0n) is 6.68. The van der Waals surface area contributed by atoms with Crippen LogP contribution in [-0.4, -0.2) is 5.75 Å². The molecule has 6 heteroatoms. The molecule has 0 amide bonds. The summed E-state index contributed by atoms with van der Waals surface area (Å²) < 4.78 is 47.6. The summed E-state index contributed by atoms with van der Waals surface area (Å²) in [5.41, 5.74) is -0.961. The van der Waals surface area contributed by atoms with Gasteiger partial charge in [-0.2, -0.15) is 13.2 Å². The van der Waals surface area contributed by atoms with Gasteiger partial charge in [-0.05, 0) is 29.8 Å².